The average Bonchev–Trinajstić information content (AvgIpc) is 2.85. The fraction of sp³-hybridized carbons (Fsp3) is 0.250. The zero-order valence-electron chi connectivity index (χ0n) is 13.8. The Morgan fingerprint density at radius 2 is 1.61 bits per heavy atom. The van der Waals surface area contributed by atoms with Crippen LogP contribution in [0.2, 0.25) is 0 Å². The Bertz CT molecular complexity index is 787. The third-order valence-corrected chi connectivity index (χ3v) is 3.84. The van der Waals surface area contributed by atoms with E-state index in [1.54, 1.807) is 0 Å². The molecule has 0 radical (unpaired) electrons. The van der Waals surface area contributed by atoms with Gasteiger partial charge >= 0.3 is 0 Å². The maximum Gasteiger partial charge on any atom is 0.169 e. The molecular weight excluding hydrogens is 284 g/mol. The van der Waals surface area contributed by atoms with E-state index in [9.17, 15) is 5.11 Å². The van der Waals surface area contributed by atoms with Crippen LogP contribution in [0.1, 0.15) is 19.4 Å². The van der Waals surface area contributed by atoms with Crippen molar-refractivity contribution in [3.63, 3.8) is 0 Å². The van der Waals surface area contributed by atoms with Crippen LogP contribution in [0.5, 0.6) is 5.75 Å². The predicted octanol–water partition coefficient (Wildman–Crippen LogP) is 4.89. The zero-order chi connectivity index (χ0) is 16.4. The van der Waals surface area contributed by atoms with Crippen LogP contribution >= 0.6 is 0 Å². The van der Waals surface area contributed by atoms with E-state index < -0.39 is 0 Å². The average molecular weight is 306 g/mol. The fourth-order valence-electron chi connectivity index (χ4n) is 2.72. The van der Waals surface area contributed by atoms with Gasteiger partial charge in [0.05, 0.1) is 0 Å². The minimum Gasteiger partial charge on any atom is -0.504 e. The molecule has 118 valence electrons. The normalized spacial score (nSPS) is 11.1. The molecule has 1 aromatic heterocycles. The Hall–Kier alpha value is -2.55. The highest BCUT2D eigenvalue weighted by molar-refractivity contribution is 5.78. The van der Waals surface area contributed by atoms with E-state index in [2.05, 4.69) is 38.0 Å². The first kappa shape index (κ1) is 15.3. The molecule has 3 nitrogen and oxygen atoms in total. The highest BCUT2D eigenvalue weighted by Gasteiger charge is 2.20. The van der Waals surface area contributed by atoms with Crippen LogP contribution in [0.3, 0.4) is 0 Å². The Labute approximate surface area is 137 Å². The van der Waals surface area contributed by atoms with Crippen molar-refractivity contribution in [2.75, 3.05) is 0 Å². The molecule has 0 atom stereocenters. The van der Waals surface area contributed by atoms with E-state index in [0.29, 0.717) is 11.6 Å². The zero-order valence-corrected chi connectivity index (χ0v) is 13.8. The van der Waals surface area contributed by atoms with Gasteiger partial charge in [0, 0.05) is 17.7 Å². The van der Waals surface area contributed by atoms with Crippen molar-refractivity contribution in [3.05, 3.63) is 60.2 Å². The van der Waals surface area contributed by atoms with Crippen molar-refractivity contribution in [2.24, 2.45) is 5.92 Å². The van der Waals surface area contributed by atoms with E-state index in [-0.39, 0.29) is 5.75 Å². The lowest BCUT2D eigenvalue weighted by molar-refractivity contribution is 0.468. The van der Waals surface area contributed by atoms with Gasteiger partial charge in [-0.3, -0.25) is 4.68 Å². The number of hydrogen-bond donors (Lipinski definition) is 1. The molecule has 0 unspecified atom stereocenters. The van der Waals surface area contributed by atoms with Gasteiger partial charge < -0.3 is 5.11 Å². The summed E-state index contributed by atoms with van der Waals surface area (Å²) in [6, 6.07) is 18.0. The third-order valence-electron chi connectivity index (χ3n) is 3.84. The van der Waals surface area contributed by atoms with Gasteiger partial charge in [0.25, 0.3) is 0 Å². The van der Waals surface area contributed by atoms with Crippen LogP contribution in [0, 0.1) is 12.8 Å². The van der Waals surface area contributed by atoms with Crippen LogP contribution < -0.4 is 0 Å². The van der Waals surface area contributed by atoms with E-state index in [1.165, 1.54) is 5.56 Å². The van der Waals surface area contributed by atoms with Crippen LogP contribution in [0.4, 0.5) is 0 Å². The molecule has 0 spiro atoms. The van der Waals surface area contributed by atoms with Gasteiger partial charge in [-0.05, 0) is 12.8 Å². The highest BCUT2D eigenvalue weighted by atomic mass is 16.3. The molecule has 3 rings (SSSR count). The monoisotopic (exact) mass is 306 g/mol. The molecule has 0 amide bonds. The summed E-state index contributed by atoms with van der Waals surface area (Å²) < 4.78 is 1.92. The van der Waals surface area contributed by atoms with Crippen LogP contribution in [-0.4, -0.2) is 14.9 Å². The summed E-state index contributed by atoms with van der Waals surface area (Å²) in [6.07, 6.45) is 0. The molecule has 1 heterocycles. The molecule has 2 aromatic carbocycles. The van der Waals surface area contributed by atoms with Gasteiger partial charge in [-0.25, -0.2) is 0 Å². The van der Waals surface area contributed by atoms with Gasteiger partial charge in [0.2, 0.25) is 0 Å². The maximum absolute atomic E-state index is 10.8. The summed E-state index contributed by atoms with van der Waals surface area (Å²) in [5.74, 6) is 0.697. The topological polar surface area (TPSA) is 38.1 Å². The van der Waals surface area contributed by atoms with Crippen molar-refractivity contribution in [3.8, 4) is 28.3 Å². The highest BCUT2D eigenvalue weighted by Crippen LogP contribution is 2.38. The second-order valence-electron chi connectivity index (χ2n) is 6.35. The van der Waals surface area contributed by atoms with Crippen molar-refractivity contribution in [1.29, 1.82) is 0 Å². The first-order valence-corrected chi connectivity index (χ1v) is 7.98. The minimum absolute atomic E-state index is 0.251. The minimum atomic E-state index is 0.251. The molecule has 0 aliphatic heterocycles. The Morgan fingerprint density at radius 3 is 2.22 bits per heavy atom. The van der Waals surface area contributed by atoms with Crippen molar-refractivity contribution < 1.29 is 5.11 Å². The lowest BCUT2D eigenvalue weighted by Crippen LogP contribution is -2.07. The fourth-order valence-corrected chi connectivity index (χ4v) is 2.72. The molecule has 23 heavy (non-hydrogen) atoms. The molecule has 0 saturated heterocycles. The molecule has 3 heteroatoms. The summed E-state index contributed by atoms with van der Waals surface area (Å²) in [4.78, 5) is 0. The van der Waals surface area contributed by atoms with Crippen molar-refractivity contribution in [1.82, 2.24) is 9.78 Å². The standard InChI is InChI=1S/C20H22N2O/c1-14(2)13-22-19(17-11-9-15(3)10-12-17)20(23)18(21-22)16-7-5-4-6-8-16/h4-12,14,23H,13H2,1-3H3. The Balaban J connectivity index is 2.16. The van der Waals surface area contributed by atoms with Gasteiger partial charge in [-0.1, -0.05) is 74.0 Å². The van der Waals surface area contributed by atoms with Crippen molar-refractivity contribution >= 4 is 0 Å². The lowest BCUT2D eigenvalue weighted by atomic mass is 10.1. The Morgan fingerprint density at radius 1 is 0.957 bits per heavy atom. The second-order valence-corrected chi connectivity index (χ2v) is 6.35. The van der Waals surface area contributed by atoms with Crippen molar-refractivity contribution in [2.45, 2.75) is 27.3 Å². The maximum atomic E-state index is 10.8. The molecule has 0 saturated carbocycles. The first-order valence-electron chi connectivity index (χ1n) is 7.98. The number of aromatic hydroxyl groups is 1. The third kappa shape index (κ3) is 3.14. The lowest BCUT2D eigenvalue weighted by Gasteiger charge is -2.10. The number of aryl methyl sites for hydroxylation is 1. The van der Waals surface area contributed by atoms with Gasteiger partial charge in [0.15, 0.2) is 5.75 Å². The Kier molecular flexibility index (Phi) is 4.20. The van der Waals surface area contributed by atoms with Gasteiger partial charge in [-0.2, -0.15) is 5.10 Å². The largest absolute Gasteiger partial charge is 0.504 e. The molecular formula is C20H22N2O. The quantitative estimate of drug-likeness (QED) is 0.745. The van der Waals surface area contributed by atoms with Crippen LogP contribution in [0.25, 0.3) is 22.5 Å². The molecule has 1 N–H and O–H groups in total. The van der Waals surface area contributed by atoms with Gasteiger partial charge in [-0.15, -0.1) is 0 Å². The van der Waals surface area contributed by atoms with E-state index in [4.69, 9.17) is 0 Å². The number of hydrogen-bond acceptors (Lipinski definition) is 2. The number of aromatic nitrogens is 2. The van der Waals surface area contributed by atoms with Crippen LogP contribution in [0.15, 0.2) is 54.6 Å². The van der Waals surface area contributed by atoms with E-state index >= 15 is 0 Å². The second kappa shape index (κ2) is 6.29. The number of benzene rings is 2. The number of rotatable bonds is 4. The molecule has 0 aliphatic rings. The van der Waals surface area contributed by atoms with E-state index in [1.807, 2.05) is 47.1 Å². The van der Waals surface area contributed by atoms with Gasteiger partial charge in [0.1, 0.15) is 11.4 Å². The molecule has 3 aromatic rings. The summed E-state index contributed by atoms with van der Waals surface area (Å²) in [5, 5.41) is 15.5. The smallest absolute Gasteiger partial charge is 0.169 e. The molecule has 0 bridgehead atoms. The summed E-state index contributed by atoms with van der Waals surface area (Å²) in [5.41, 5.74) is 4.55. The summed E-state index contributed by atoms with van der Waals surface area (Å²) >= 11 is 0. The first-order chi connectivity index (χ1) is 11.1. The van der Waals surface area contributed by atoms with Crippen LogP contribution in [-0.2, 0) is 6.54 Å². The molecule has 0 aliphatic carbocycles. The summed E-state index contributed by atoms with van der Waals surface area (Å²) in [6.45, 7) is 7.13. The van der Waals surface area contributed by atoms with E-state index in [0.717, 1.165) is 23.4 Å². The SMILES string of the molecule is Cc1ccc(-c2c(O)c(-c3ccccc3)nn2CC(C)C)cc1. The molecule has 0 fully saturated rings. The summed E-state index contributed by atoms with van der Waals surface area (Å²) in [7, 11) is 0. The predicted molar refractivity (Wildman–Crippen MR) is 94.3 cm³/mol. The number of nitrogens with zero attached hydrogens (tertiary/aromatic N) is 2.